The summed E-state index contributed by atoms with van der Waals surface area (Å²) in [7, 11) is 0. The largest absolute Gasteiger partial charge is 0.323 e. The number of thiazole rings is 1. The first kappa shape index (κ1) is 13.5. The molecule has 0 aliphatic rings. The zero-order valence-electron chi connectivity index (χ0n) is 11.3. The highest BCUT2D eigenvalue weighted by atomic mass is 35.5. The minimum Gasteiger partial charge on any atom is -0.323 e. The number of hydrogen-bond donors (Lipinski definition) is 1. The Labute approximate surface area is 126 Å². The van der Waals surface area contributed by atoms with Gasteiger partial charge in [0.15, 0.2) is 5.82 Å². The van der Waals surface area contributed by atoms with Gasteiger partial charge in [0.2, 0.25) is 0 Å². The molecule has 20 heavy (non-hydrogen) atoms. The van der Waals surface area contributed by atoms with E-state index in [1.165, 1.54) is 0 Å². The molecule has 1 unspecified atom stereocenters. The van der Waals surface area contributed by atoms with Gasteiger partial charge in [-0.3, -0.25) is 0 Å². The average Bonchev–Trinajstić information content (AvgIpc) is 3.01. The summed E-state index contributed by atoms with van der Waals surface area (Å²) >= 11 is 7.61. The van der Waals surface area contributed by atoms with Crippen molar-refractivity contribution >= 4 is 34.0 Å². The maximum Gasteiger partial charge on any atom is 0.160 e. The van der Waals surface area contributed by atoms with Crippen LogP contribution in [0.4, 0.5) is 0 Å². The van der Waals surface area contributed by atoms with Gasteiger partial charge in [-0.15, -0.1) is 11.3 Å². The molecule has 6 heteroatoms. The van der Waals surface area contributed by atoms with Crippen molar-refractivity contribution in [2.24, 2.45) is 5.73 Å². The fraction of sp³-hybridized carbons (Fsp3) is 0.286. The molecule has 1 atom stereocenters. The molecule has 2 N–H and O–H groups in total. The summed E-state index contributed by atoms with van der Waals surface area (Å²) in [5, 5.41) is 3.63. The van der Waals surface area contributed by atoms with Crippen LogP contribution in [0.2, 0.25) is 5.02 Å². The topological polar surface area (TPSA) is 56.7 Å². The van der Waals surface area contributed by atoms with E-state index in [2.05, 4.69) is 21.5 Å². The van der Waals surface area contributed by atoms with E-state index in [0.29, 0.717) is 5.02 Å². The second kappa shape index (κ2) is 5.16. The molecule has 4 nitrogen and oxygen atoms in total. The van der Waals surface area contributed by atoms with Crippen molar-refractivity contribution in [2.75, 3.05) is 0 Å². The zero-order valence-corrected chi connectivity index (χ0v) is 12.9. The number of hydrogen-bond acceptors (Lipinski definition) is 4. The zero-order chi connectivity index (χ0) is 14.3. The normalized spacial score (nSPS) is 13.0. The van der Waals surface area contributed by atoms with E-state index < -0.39 is 0 Å². The van der Waals surface area contributed by atoms with Gasteiger partial charge < -0.3 is 10.3 Å². The molecule has 0 aliphatic carbocycles. The van der Waals surface area contributed by atoms with E-state index in [0.717, 1.165) is 34.1 Å². The fourth-order valence-electron chi connectivity index (χ4n) is 2.22. The number of aryl methyl sites for hydroxylation is 1. The van der Waals surface area contributed by atoms with Crippen molar-refractivity contribution in [1.29, 1.82) is 0 Å². The van der Waals surface area contributed by atoms with Gasteiger partial charge in [0, 0.05) is 16.9 Å². The van der Waals surface area contributed by atoms with Gasteiger partial charge in [-0.2, -0.15) is 0 Å². The SMILES string of the molecule is CCn1c(-c2csc(C(C)N)n2)nc2cc(Cl)ccc21. The first-order valence-corrected chi connectivity index (χ1v) is 7.73. The monoisotopic (exact) mass is 306 g/mol. The minimum atomic E-state index is -0.0531. The molecule has 0 fully saturated rings. The molecule has 0 saturated carbocycles. The number of halogens is 1. The lowest BCUT2D eigenvalue weighted by Crippen LogP contribution is -2.04. The van der Waals surface area contributed by atoms with Crippen LogP contribution in [-0.2, 0) is 6.54 Å². The van der Waals surface area contributed by atoms with Gasteiger partial charge in [0.25, 0.3) is 0 Å². The number of rotatable bonds is 3. The van der Waals surface area contributed by atoms with Gasteiger partial charge >= 0.3 is 0 Å². The Hall–Kier alpha value is -1.43. The van der Waals surface area contributed by atoms with Crippen molar-refractivity contribution in [3.63, 3.8) is 0 Å². The summed E-state index contributed by atoms with van der Waals surface area (Å²) in [5.74, 6) is 0.868. The molecule has 2 heterocycles. The average molecular weight is 307 g/mol. The van der Waals surface area contributed by atoms with Crippen molar-refractivity contribution in [2.45, 2.75) is 26.4 Å². The lowest BCUT2D eigenvalue weighted by molar-refractivity contribution is 0.785. The predicted octanol–water partition coefficient (Wildman–Crippen LogP) is 3.85. The highest BCUT2D eigenvalue weighted by molar-refractivity contribution is 7.10. The molecule has 104 valence electrons. The van der Waals surface area contributed by atoms with Crippen LogP contribution in [0.3, 0.4) is 0 Å². The van der Waals surface area contributed by atoms with Gasteiger partial charge in [0.05, 0.1) is 17.1 Å². The summed E-state index contributed by atoms with van der Waals surface area (Å²) in [6.07, 6.45) is 0. The van der Waals surface area contributed by atoms with E-state index in [9.17, 15) is 0 Å². The van der Waals surface area contributed by atoms with Gasteiger partial charge in [0.1, 0.15) is 10.7 Å². The first-order valence-electron chi connectivity index (χ1n) is 6.47. The molecular weight excluding hydrogens is 292 g/mol. The molecule has 0 bridgehead atoms. The first-order chi connectivity index (χ1) is 9.60. The van der Waals surface area contributed by atoms with E-state index in [1.807, 2.05) is 30.5 Å². The third-order valence-corrected chi connectivity index (χ3v) is 4.45. The summed E-state index contributed by atoms with van der Waals surface area (Å²) < 4.78 is 2.14. The number of nitrogens with two attached hydrogens (primary N) is 1. The van der Waals surface area contributed by atoms with E-state index in [-0.39, 0.29) is 6.04 Å². The maximum absolute atomic E-state index is 6.04. The summed E-state index contributed by atoms with van der Waals surface area (Å²) in [6.45, 7) is 4.86. The van der Waals surface area contributed by atoms with Crippen molar-refractivity contribution in [3.05, 3.63) is 33.6 Å². The molecule has 0 aliphatic heterocycles. The molecule has 2 aromatic heterocycles. The quantitative estimate of drug-likeness (QED) is 0.799. The fourth-order valence-corrected chi connectivity index (χ4v) is 3.14. The smallest absolute Gasteiger partial charge is 0.160 e. The lowest BCUT2D eigenvalue weighted by Gasteiger charge is -2.03. The molecular formula is C14H15ClN4S. The Balaban J connectivity index is 2.18. The summed E-state index contributed by atoms with van der Waals surface area (Å²) in [6, 6.07) is 5.71. The third-order valence-electron chi connectivity index (χ3n) is 3.17. The van der Waals surface area contributed by atoms with Gasteiger partial charge in [-0.05, 0) is 32.0 Å². The van der Waals surface area contributed by atoms with Crippen LogP contribution in [-0.4, -0.2) is 14.5 Å². The lowest BCUT2D eigenvalue weighted by atomic mass is 10.3. The van der Waals surface area contributed by atoms with Crippen molar-refractivity contribution in [3.8, 4) is 11.5 Å². The Bertz CT molecular complexity index is 760. The molecule has 0 amide bonds. The van der Waals surface area contributed by atoms with Crippen LogP contribution >= 0.6 is 22.9 Å². The van der Waals surface area contributed by atoms with E-state index >= 15 is 0 Å². The Morgan fingerprint density at radius 3 is 2.85 bits per heavy atom. The number of aromatic nitrogens is 3. The van der Waals surface area contributed by atoms with Crippen LogP contribution < -0.4 is 5.73 Å². The molecule has 0 saturated heterocycles. The van der Waals surface area contributed by atoms with Crippen molar-refractivity contribution < 1.29 is 0 Å². The molecule has 3 aromatic rings. The Kier molecular flexibility index (Phi) is 3.50. The second-order valence-corrected chi connectivity index (χ2v) is 6.00. The van der Waals surface area contributed by atoms with Gasteiger partial charge in [-0.25, -0.2) is 9.97 Å². The Morgan fingerprint density at radius 1 is 1.40 bits per heavy atom. The maximum atomic E-state index is 6.04. The molecule has 0 radical (unpaired) electrons. The number of benzene rings is 1. The molecule has 0 spiro atoms. The number of imidazole rings is 1. The van der Waals surface area contributed by atoms with Crippen LogP contribution in [0.25, 0.3) is 22.6 Å². The van der Waals surface area contributed by atoms with Crippen LogP contribution in [0.15, 0.2) is 23.6 Å². The highest BCUT2D eigenvalue weighted by Crippen LogP contribution is 2.28. The Morgan fingerprint density at radius 2 is 2.20 bits per heavy atom. The molecule has 3 rings (SSSR count). The highest BCUT2D eigenvalue weighted by Gasteiger charge is 2.15. The van der Waals surface area contributed by atoms with Crippen LogP contribution in [0.5, 0.6) is 0 Å². The summed E-state index contributed by atoms with van der Waals surface area (Å²) in [5.41, 5.74) is 8.71. The standard InChI is InChI=1S/C14H15ClN4S/c1-3-19-12-5-4-9(15)6-10(12)17-13(19)11-7-20-14(18-11)8(2)16/h4-8H,3,16H2,1-2H3. The minimum absolute atomic E-state index is 0.0531. The predicted molar refractivity (Wildman–Crippen MR) is 84.1 cm³/mol. The third kappa shape index (κ3) is 2.22. The molecule has 1 aromatic carbocycles. The van der Waals surface area contributed by atoms with E-state index in [4.69, 9.17) is 17.3 Å². The second-order valence-electron chi connectivity index (χ2n) is 4.67. The van der Waals surface area contributed by atoms with E-state index in [1.54, 1.807) is 11.3 Å². The van der Waals surface area contributed by atoms with Gasteiger partial charge in [-0.1, -0.05) is 11.6 Å². The van der Waals surface area contributed by atoms with Crippen molar-refractivity contribution in [1.82, 2.24) is 14.5 Å². The van der Waals surface area contributed by atoms with Crippen LogP contribution in [0, 0.1) is 0 Å². The number of fused-ring (bicyclic) bond motifs is 1. The van der Waals surface area contributed by atoms with Crippen LogP contribution in [0.1, 0.15) is 24.9 Å². The summed E-state index contributed by atoms with van der Waals surface area (Å²) in [4.78, 5) is 9.25. The number of nitrogens with zero attached hydrogens (tertiary/aromatic N) is 3.